The molecule has 19 heavy (non-hydrogen) atoms. The van der Waals surface area contributed by atoms with Gasteiger partial charge in [-0.3, -0.25) is 0 Å². The van der Waals surface area contributed by atoms with Crippen LogP contribution in [0.3, 0.4) is 0 Å². The standard InChI is InChI=1S/C13H19ClN2O2S/c1-3-9-7-13(9)16-19(17,18)11-4-5-12(14)10(6-11)8-15-2/h4-6,9,13,15-16H,3,7-8H2,1-2H3. The molecule has 0 saturated heterocycles. The number of rotatable bonds is 6. The van der Waals surface area contributed by atoms with E-state index in [-0.39, 0.29) is 10.9 Å². The van der Waals surface area contributed by atoms with Crippen molar-refractivity contribution in [1.29, 1.82) is 0 Å². The molecule has 1 aromatic carbocycles. The van der Waals surface area contributed by atoms with Crippen molar-refractivity contribution >= 4 is 21.6 Å². The lowest BCUT2D eigenvalue weighted by molar-refractivity contribution is 0.575. The van der Waals surface area contributed by atoms with E-state index < -0.39 is 10.0 Å². The second kappa shape index (κ2) is 5.79. The van der Waals surface area contributed by atoms with Gasteiger partial charge in [0.2, 0.25) is 10.0 Å². The molecule has 0 heterocycles. The van der Waals surface area contributed by atoms with Gasteiger partial charge in [0.15, 0.2) is 0 Å². The molecule has 2 rings (SSSR count). The van der Waals surface area contributed by atoms with Crippen molar-refractivity contribution in [3.8, 4) is 0 Å². The van der Waals surface area contributed by atoms with E-state index in [1.54, 1.807) is 25.2 Å². The van der Waals surface area contributed by atoms with Crippen molar-refractivity contribution in [2.75, 3.05) is 7.05 Å². The molecule has 2 N–H and O–H groups in total. The van der Waals surface area contributed by atoms with E-state index in [1.807, 2.05) is 0 Å². The molecule has 6 heteroatoms. The van der Waals surface area contributed by atoms with Gasteiger partial charge in [-0.2, -0.15) is 0 Å². The number of sulfonamides is 1. The molecule has 0 amide bonds. The fourth-order valence-corrected chi connectivity index (χ4v) is 3.71. The van der Waals surface area contributed by atoms with Gasteiger partial charge in [0.05, 0.1) is 4.90 Å². The third kappa shape index (κ3) is 3.48. The molecule has 1 aromatic rings. The Labute approximate surface area is 119 Å². The summed E-state index contributed by atoms with van der Waals surface area (Å²) in [6, 6.07) is 4.91. The highest BCUT2D eigenvalue weighted by atomic mass is 35.5. The van der Waals surface area contributed by atoms with Gasteiger partial charge < -0.3 is 5.32 Å². The van der Waals surface area contributed by atoms with E-state index in [4.69, 9.17) is 11.6 Å². The topological polar surface area (TPSA) is 58.2 Å². The molecule has 1 saturated carbocycles. The van der Waals surface area contributed by atoms with Crippen LogP contribution in [0.5, 0.6) is 0 Å². The maximum atomic E-state index is 12.2. The van der Waals surface area contributed by atoms with Gasteiger partial charge in [0, 0.05) is 17.6 Å². The summed E-state index contributed by atoms with van der Waals surface area (Å²) < 4.78 is 27.2. The van der Waals surface area contributed by atoms with Crippen molar-refractivity contribution in [2.24, 2.45) is 5.92 Å². The summed E-state index contributed by atoms with van der Waals surface area (Å²) in [5.74, 6) is 0.485. The van der Waals surface area contributed by atoms with Crippen LogP contribution in [0, 0.1) is 5.92 Å². The Hall–Kier alpha value is -0.620. The minimum absolute atomic E-state index is 0.0958. The third-order valence-corrected chi connectivity index (χ3v) is 5.30. The maximum Gasteiger partial charge on any atom is 0.240 e. The molecule has 0 aromatic heterocycles. The smallest absolute Gasteiger partial charge is 0.240 e. The van der Waals surface area contributed by atoms with E-state index in [9.17, 15) is 8.42 Å². The molecule has 1 aliphatic rings. The highest BCUT2D eigenvalue weighted by Gasteiger charge is 2.38. The second-order valence-electron chi connectivity index (χ2n) is 4.92. The number of nitrogens with one attached hydrogen (secondary N) is 2. The van der Waals surface area contributed by atoms with Crippen LogP contribution in [0.2, 0.25) is 5.02 Å². The van der Waals surface area contributed by atoms with Crippen LogP contribution in [0.15, 0.2) is 23.1 Å². The molecule has 1 fully saturated rings. The summed E-state index contributed by atoms with van der Waals surface area (Å²) in [6.07, 6.45) is 1.95. The lowest BCUT2D eigenvalue weighted by Crippen LogP contribution is -2.27. The van der Waals surface area contributed by atoms with Gasteiger partial charge in [-0.25, -0.2) is 13.1 Å². The van der Waals surface area contributed by atoms with Crippen LogP contribution in [-0.4, -0.2) is 21.5 Å². The lowest BCUT2D eigenvalue weighted by atomic mass is 10.2. The molecular formula is C13H19ClN2O2S. The van der Waals surface area contributed by atoms with Crippen molar-refractivity contribution in [3.05, 3.63) is 28.8 Å². The molecule has 1 aliphatic carbocycles. The van der Waals surface area contributed by atoms with Gasteiger partial charge in [0.1, 0.15) is 0 Å². The van der Waals surface area contributed by atoms with Crippen molar-refractivity contribution < 1.29 is 8.42 Å². The minimum Gasteiger partial charge on any atom is -0.316 e. The zero-order valence-electron chi connectivity index (χ0n) is 11.1. The summed E-state index contributed by atoms with van der Waals surface area (Å²) in [5.41, 5.74) is 0.787. The Bertz CT molecular complexity index is 560. The summed E-state index contributed by atoms with van der Waals surface area (Å²) in [5, 5.41) is 3.55. The molecule has 0 bridgehead atoms. The van der Waals surface area contributed by atoms with Gasteiger partial charge >= 0.3 is 0 Å². The fourth-order valence-electron chi connectivity index (χ4n) is 2.15. The Balaban J connectivity index is 2.18. The van der Waals surface area contributed by atoms with Gasteiger partial charge in [-0.15, -0.1) is 0 Å². The Morgan fingerprint density at radius 3 is 2.74 bits per heavy atom. The van der Waals surface area contributed by atoms with Crippen LogP contribution in [0.4, 0.5) is 0 Å². The largest absolute Gasteiger partial charge is 0.316 e. The normalized spacial score (nSPS) is 22.5. The van der Waals surface area contributed by atoms with Crippen LogP contribution >= 0.6 is 11.6 Å². The highest BCUT2D eigenvalue weighted by Crippen LogP contribution is 2.34. The van der Waals surface area contributed by atoms with E-state index in [0.29, 0.717) is 17.5 Å². The second-order valence-corrected chi connectivity index (χ2v) is 7.04. The molecule has 0 spiro atoms. The monoisotopic (exact) mass is 302 g/mol. The SMILES string of the molecule is CCC1CC1NS(=O)(=O)c1ccc(Cl)c(CNC)c1. The van der Waals surface area contributed by atoms with Crippen LogP contribution in [0.1, 0.15) is 25.3 Å². The quantitative estimate of drug-likeness (QED) is 0.846. The summed E-state index contributed by atoms with van der Waals surface area (Å²) >= 11 is 6.03. The third-order valence-electron chi connectivity index (χ3n) is 3.45. The highest BCUT2D eigenvalue weighted by molar-refractivity contribution is 7.89. The zero-order valence-corrected chi connectivity index (χ0v) is 12.7. The van der Waals surface area contributed by atoms with Gasteiger partial charge in [-0.1, -0.05) is 24.9 Å². The molecule has 0 radical (unpaired) electrons. The Morgan fingerprint density at radius 1 is 1.42 bits per heavy atom. The fraction of sp³-hybridized carbons (Fsp3) is 0.538. The predicted molar refractivity (Wildman–Crippen MR) is 76.7 cm³/mol. The van der Waals surface area contributed by atoms with E-state index in [2.05, 4.69) is 17.0 Å². The summed E-state index contributed by atoms with van der Waals surface area (Å²) in [4.78, 5) is 0.281. The summed E-state index contributed by atoms with van der Waals surface area (Å²) in [6.45, 7) is 2.62. The number of halogens is 1. The van der Waals surface area contributed by atoms with E-state index in [1.165, 1.54) is 0 Å². The summed E-state index contributed by atoms with van der Waals surface area (Å²) in [7, 11) is -1.64. The predicted octanol–water partition coefficient (Wildman–Crippen LogP) is 2.14. The molecular weight excluding hydrogens is 284 g/mol. The van der Waals surface area contributed by atoms with Gasteiger partial charge in [-0.05, 0) is 43.1 Å². The Morgan fingerprint density at radius 2 is 2.16 bits per heavy atom. The maximum absolute atomic E-state index is 12.2. The van der Waals surface area contributed by atoms with Gasteiger partial charge in [0.25, 0.3) is 0 Å². The zero-order chi connectivity index (χ0) is 14.0. The number of benzene rings is 1. The Kier molecular flexibility index (Phi) is 4.50. The molecule has 2 unspecified atom stereocenters. The minimum atomic E-state index is -3.43. The van der Waals surface area contributed by atoms with Crippen molar-refractivity contribution in [2.45, 2.75) is 37.2 Å². The molecule has 2 atom stereocenters. The van der Waals surface area contributed by atoms with Crippen molar-refractivity contribution in [1.82, 2.24) is 10.0 Å². The first-order valence-corrected chi connectivity index (χ1v) is 8.29. The molecule has 106 valence electrons. The van der Waals surface area contributed by atoms with E-state index >= 15 is 0 Å². The average molecular weight is 303 g/mol. The first-order valence-electron chi connectivity index (χ1n) is 6.43. The van der Waals surface area contributed by atoms with Crippen LogP contribution in [-0.2, 0) is 16.6 Å². The van der Waals surface area contributed by atoms with Crippen LogP contribution in [0.25, 0.3) is 0 Å². The first-order chi connectivity index (χ1) is 8.97. The molecule has 4 nitrogen and oxygen atoms in total. The number of hydrogen-bond donors (Lipinski definition) is 2. The average Bonchev–Trinajstić information content (AvgIpc) is 3.09. The van der Waals surface area contributed by atoms with E-state index in [0.717, 1.165) is 18.4 Å². The first kappa shape index (κ1) is 14.8. The van der Waals surface area contributed by atoms with Crippen LogP contribution < -0.4 is 10.0 Å². The molecule has 0 aliphatic heterocycles. The number of hydrogen-bond acceptors (Lipinski definition) is 3. The van der Waals surface area contributed by atoms with Crippen molar-refractivity contribution in [3.63, 3.8) is 0 Å². The lowest BCUT2D eigenvalue weighted by Gasteiger charge is -2.09.